The van der Waals surface area contributed by atoms with Gasteiger partial charge in [-0.05, 0) is 19.9 Å². The maximum atomic E-state index is 13.4. The van der Waals surface area contributed by atoms with Crippen LogP contribution in [0.4, 0.5) is 8.78 Å². The first-order chi connectivity index (χ1) is 6.34. The lowest BCUT2D eigenvalue weighted by Gasteiger charge is -2.16. The van der Waals surface area contributed by atoms with Crippen molar-refractivity contribution in [2.24, 2.45) is 0 Å². The Morgan fingerprint density at radius 2 is 2.00 bits per heavy atom. The minimum Gasteiger partial charge on any atom is -0.478 e. The van der Waals surface area contributed by atoms with E-state index in [1.165, 1.54) is 26.0 Å². The van der Waals surface area contributed by atoms with Gasteiger partial charge >= 0.3 is 5.97 Å². The van der Waals surface area contributed by atoms with Gasteiger partial charge in [0.05, 0.1) is 5.56 Å². The quantitative estimate of drug-likeness (QED) is 0.796. The van der Waals surface area contributed by atoms with Gasteiger partial charge < -0.3 is 5.11 Å². The molecule has 76 valence electrons. The molecule has 0 aliphatic rings. The SMILES string of the molecule is CC(C)(F)c1cccc(C(=O)O)c1F. The van der Waals surface area contributed by atoms with Crippen LogP contribution in [0.3, 0.4) is 0 Å². The number of alkyl halides is 1. The van der Waals surface area contributed by atoms with Crippen LogP contribution < -0.4 is 0 Å². The number of benzene rings is 1. The van der Waals surface area contributed by atoms with Gasteiger partial charge in [-0.15, -0.1) is 0 Å². The molecule has 0 unspecified atom stereocenters. The molecule has 1 N–H and O–H groups in total. The van der Waals surface area contributed by atoms with Crippen molar-refractivity contribution in [2.45, 2.75) is 19.5 Å². The van der Waals surface area contributed by atoms with Crippen LogP contribution in [-0.4, -0.2) is 11.1 Å². The summed E-state index contributed by atoms with van der Waals surface area (Å²) in [5.74, 6) is -2.40. The maximum Gasteiger partial charge on any atom is 0.338 e. The Hall–Kier alpha value is -1.45. The molecule has 0 bridgehead atoms. The topological polar surface area (TPSA) is 37.3 Å². The lowest BCUT2D eigenvalue weighted by atomic mass is 9.97. The summed E-state index contributed by atoms with van der Waals surface area (Å²) >= 11 is 0. The zero-order valence-corrected chi connectivity index (χ0v) is 7.84. The minimum atomic E-state index is -1.88. The molecular weight excluding hydrogens is 190 g/mol. The summed E-state index contributed by atoms with van der Waals surface area (Å²) in [5.41, 5.74) is -2.62. The zero-order chi connectivity index (χ0) is 10.9. The molecule has 0 aliphatic heterocycles. The first-order valence-corrected chi connectivity index (χ1v) is 4.05. The van der Waals surface area contributed by atoms with Crippen LogP contribution in [0.15, 0.2) is 18.2 Å². The maximum absolute atomic E-state index is 13.4. The van der Waals surface area contributed by atoms with E-state index in [9.17, 15) is 13.6 Å². The molecular formula is C10H10F2O2. The summed E-state index contributed by atoms with van der Waals surface area (Å²) in [4.78, 5) is 10.5. The summed E-state index contributed by atoms with van der Waals surface area (Å²) in [6, 6.07) is 3.66. The largest absolute Gasteiger partial charge is 0.478 e. The van der Waals surface area contributed by atoms with E-state index in [2.05, 4.69) is 0 Å². The molecule has 1 rings (SSSR count). The van der Waals surface area contributed by atoms with Gasteiger partial charge in [-0.25, -0.2) is 13.6 Å². The summed E-state index contributed by atoms with van der Waals surface area (Å²) < 4.78 is 26.8. The van der Waals surface area contributed by atoms with E-state index in [4.69, 9.17) is 5.11 Å². The van der Waals surface area contributed by atoms with Gasteiger partial charge in [0.2, 0.25) is 0 Å². The molecule has 0 saturated heterocycles. The molecule has 0 aliphatic carbocycles. The van der Waals surface area contributed by atoms with Crippen LogP contribution in [0.5, 0.6) is 0 Å². The van der Waals surface area contributed by atoms with Crippen LogP contribution >= 0.6 is 0 Å². The van der Waals surface area contributed by atoms with Gasteiger partial charge in [0, 0.05) is 5.56 Å². The van der Waals surface area contributed by atoms with Crippen molar-refractivity contribution in [1.82, 2.24) is 0 Å². The molecule has 0 radical (unpaired) electrons. The van der Waals surface area contributed by atoms with Crippen molar-refractivity contribution >= 4 is 5.97 Å². The Bertz CT molecular complexity index is 367. The van der Waals surface area contributed by atoms with Gasteiger partial charge in [-0.1, -0.05) is 12.1 Å². The predicted molar refractivity (Wildman–Crippen MR) is 47.5 cm³/mol. The number of carbonyl (C=O) groups is 1. The third-order valence-electron chi connectivity index (χ3n) is 1.87. The number of halogens is 2. The number of carboxylic acids is 1. The fraction of sp³-hybridized carbons (Fsp3) is 0.300. The molecule has 2 nitrogen and oxygen atoms in total. The van der Waals surface area contributed by atoms with Crippen LogP contribution in [0, 0.1) is 5.82 Å². The number of carboxylic acid groups (broad SMARTS) is 1. The van der Waals surface area contributed by atoms with Gasteiger partial charge in [0.15, 0.2) is 0 Å². The van der Waals surface area contributed by atoms with E-state index in [0.29, 0.717) is 0 Å². The Kier molecular flexibility index (Phi) is 2.55. The molecule has 0 atom stereocenters. The van der Waals surface area contributed by atoms with Gasteiger partial charge in [0.25, 0.3) is 0 Å². The zero-order valence-electron chi connectivity index (χ0n) is 7.84. The normalized spacial score (nSPS) is 11.4. The van der Waals surface area contributed by atoms with Crippen molar-refractivity contribution < 1.29 is 18.7 Å². The Labute approximate surface area is 80.2 Å². The number of hydrogen-bond acceptors (Lipinski definition) is 1. The molecule has 0 aromatic heterocycles. The lowest BCUT2D eigenvalue weighted by molar-refractivity contribution is 0.0691. The first-order valence-electron chi connectivity index (χ1n) is 4.05. The molecule has 14 heavy (non-hydrogen) atoms. The smallest absolute Gasteiger partial charge is 0.338 e. The van der Waals surface area contributed by atoms with Gasteiger partial charge in [0.1, 0.15) is 11.5 Å². The minimum absolute atomic E-state index is 0.239. The highest BCUT2D eigenvalue weighted by atomic mass is 19.1. The highest BCUT2D eigenvalue weighted by molar-refractivity contribution is 5.88. The van der Waals surface area contributed by atoms with Crippen molar-refractivity contribution in [1.29, 1.82) is 0 Å². The molecule has 0 heterocycles. The molecule has 1 aromatic carbocycles. The van der Waals surface area contributed by atoms with Crippen molar-refractivity contribution in [2.75, 3.05) is 0 Å². The highest BCUT2D eigenvalue weighted by Crippen LogP contribution is 2.28. The number of hydrogen-bond donors (Lipinski definition) is 1. The summed E-state index contributed by atoms with van der Waals surface area (Å²) in [5, 5.41) is 8.59. The van der Waals surface area contributed by atoms with E-state index < -0.39 is 23.0 Å². The van der Waals surface area contributed by atoms with E-state index in [0.717, 1.165) is 6.07 Å². The van der Waals surface area contributed by atoms with E-state index in [1.807, 2.05) is 0 Å². The lowest BCUT2D eigenvalue weighted by Crippen LogP contribution is -2.14. The van der Waals surface area contributed by atoms with Gasteiger partial charge in [-0.2, -0.15) is 0 Å². The average molecular weight is 200 g/mol. The van der Waals surface area contributed by atoms with E-state index in [1.54, 1.807) is 0 Å². The molecule has 0 fully saturated rings. The third-order valence-corrected chi connectivity index (χ3v) is 1.87. The Morgan fingerprint density at radius 3 is 2.43 bits per heavy atom. The molecule has 4 heteroatoms. The fourth-order valence-corrected chi connectivity index (χ4v) is 1.16. The second kappa shape index (κ2) is 3.36. The molecule has 1 aromatic rings. The second-order valence-electron chi connectivity index (χ2n) is 3.44. The molecule has 0 spiro atoms. The monoisotopic (exact) mass is 200 g/mol. The number of aromatic carboxylic acids is 1. The van der Waals surface area contributed by atoms with E-state index >= 15 is 0 Å². The standard InChI is InChI=1S/C10H10F2O2/c1-10(2,12)7-5-3-4-6(8(7)11)9(13)14/h3-5H,1-2H3,(H,13,14). The fourth-order valence-electron chi connectivity index (χ4n) is 1.16. The highest BCUT2D eigenvalue weighted by Gasteiger charge is 2.25. The van der Waals surface area contributed by atoms with Crippen molar-refractivity contribution in [3.63, 3.8) is 0 Å². The van der Waals surface area contributed by atoms with Crippen LogP contribution in [0.25, 0.3) is 0 Å². The molecule has 0 amide bonds. The van der Waals surface area contributed by atoms with Crippen molar-refractivity contribution in [3.05, 3.63) is 35.1 Å². The predicted octanol–water partition coefficient (Wildman–Crippen LogP) is 2.73. The second-order valence-corrected chi connectivity index (χ2v) is 3.44. The molecule has 0 saturated carbocycles. The first kappa shape index (κ1) is 10.6. The Balaban J connectivity index is 3.35. The van der Waals surface area contributed by atoms with Crippen LogP contribution in [-0.2, 0) is 5.67 Å². The van der Waals surface area contributed by atoms with Crippen LogP contribution in [0.1, 0.15) is 29.8 Å². The summed E-state index contributed by atoms with van der Waals surface area (Å²) in [6.07, 6.45) is 0. The average Bonchev–Trinajstić information content (AvgIpc) is 2.01. The summed E-state index contributed by atoms with van der Waals surface area (Å²) in [6.45, 7) is 2.36. The van der Waals surface area contributed by atoms with Crippen molar-refractivity contribution in [3.8, 4) is 0 Å². The van der Waals surface area contributed by atoms with Crippen LogP contribution in [0.2, 0.25) is 0 Å². The third kappa shape index (κ3) is 1.89. The van der Waals surface area contributed by atoms with E-state index in [-0.39, 0.29) is 5.56 Å². The van der Waals surface area contributed by atoms with Gasteiger partial charge in [-0.3, -0.25) is 0 Å². The number of rotatable bonds is 2. The Morgan fingerprint density at radius 1 is 1.43 bits per heavy atom. The summed E-state index contributed by atoms with van der Waals surface area (Å²) in [7, 11) is 0.